The van der Waals surface area contributed by atoms with E-state index in [-0.39, 0.29) is 43.9 Å². The summed E-state index contributed by atoms with van der Waals surface area (Å²) in [6.07, 6.45) is -66.5. The van der Waals surface area contributed by atoms with E-state index in [1.807, 2.05) is 20.8 Å². The molecule has 0 aromatic rings. The highest BCUT2D eigenvalue weighted by atomic mass is 16.8. The first-order chi connectivity index (χ1) is 64.8. The van der Waals surface area contributed by atoms with E-state index in [1.165, 1.54) is 13.8 Å². The number of carbonyl (C=O) groups excluding carboxylic acids is 4. The number of hydrogen-bond donors (Lipinski definition) is 23. The molecule has 8 saturated heterocycles. The van der Waals surface area contributed by atoms with Gasteiger partial charge in [-0.05, 0) is 123 Å². The van der Waals surface area contributed by atoms with Crippen LogP contribution in [0.4, 0.5) is 0 Å². The Morgan fingerprint density at radius 3 is 1.69 bits per heavy atom. The number of carboxylic acid groups (broad SMARTS) is 1. The third-order valence-corrected chi connectivity index (χ3v) is 33.3. The number of rotatable bonds is 35. The molecule has 23 N–H and O–H groups in total. The van der Waals surface area contributed by atoms with Crippen LogP contribution < -0.4 is 0 Å². The Balaban J connectivity index is 0.748. The van der Waals surface area contributed by atoms with Crippen molar-refractivity contribution in [1.29, 1.82) is 0 Å². The van der Waals surface area contributed by atoms with E-state index in [1.54, 1.807) is 27.7 Å². The normalized spacial score (nSPS) is 48.7. The van der Waals surface area contributed by atoms with Crippen LogP contribution in [-0.2, 0) is 109 Å². The van der Waals surface area contributed by atoms with E-state index < -0.39 is 378 Å². The van der Waals surface area contributed by atoms with Gasteiger partial charge in [0.05, 0.1) is 101 Å². The molecule has 51 atom stereocenters. The monoisotopic (exact) mass is 1990 g/mol. The van der Waals surface area contributed by atoms with E-state index in [9.17, 15) is 137 Å². The molecular weight excluding hydrogens is 1840 g/mol. The highest BCUT2D eigenvalue weighted by Crippen LogP contribution is 2.76. The van der Waals surface area contributed by atoms with Gasteiger partial charge in [-0.2, -0.15) is 0 Å². The lowest BCUT2D eigenvalue weighted by molar-refractivity contribution is -0.391. The molecule has 13 aliphatic rings. The number of aliphatic hydroxyl groups excluding tert-OH is 21. The average Bonchev–Trinajstić information content (AvgIpc) is 0.707. The standard InChI is InChI=1S/C92H148O46/c1-13-36(3)46(126-54(102)25-41(98)24-47(37(4)14-2)127-80-62(110)58(106)49(30-94)128-80)23-40(97)26-55(103)131-69-39(6)125-82(73(65(69)113)136-79-64(112)60(108)68(38(5)124-79)132-78-67(115)70(45(100)32-122-78)133-84-75(116)91(120,34-96)35-123-84)138-85(119)92-22-21-86(7,8)27-43(92)42-15-16-51-87(9)19-18-53(88(10,33-95)50(87)17-20-89(51,11)90(42,12)28-52(92)101)130-83-74(137-81-63(111)59(107)57(105)48(29-93)129-81)71(66(114)72(135-83)76(117)118)134-77-61(109)56(104)44(99)31-121-77/h15,33,36-41,43-53,56-75,77-84,93-94,96-101,104-116,120H,13-14,16-32,34-35H2,1-12H3,(H,117,118)/t36-,37-,38-,39+,40-,41-,43-,44+,45+,46-,47-,48+,49-,50+,51+,52+,53-,56-,57-,58-,59-,60-,61+,62+,63+,64+,65-,66-,67+,68-,69-,70-,71-,72-,73+,74+,75-,77-,78-,79-,80+,81-,82+,83+,84-,87-,88-,89+,90+,91+,92+/m0/s1. The molecule has 5 aliphatic carbocycles. The molecule has 8 aliphatic heterocycles. The van der Waals surface area contributed by atoms with E-state index >= 15 is 4.79 Å². The fourth-order valence-corrected chi connectivity index (χ4v) is 24.1. The topological polar surface area (TPSA) is 717 Å². The third-order valence-electron chi connectivity index (χ3n) is 33.3. The van der Waals surface area contributed by atoms with Gasteiger partial charge in [0.1, 0.15) is 152 Å². The summed E-state index contributed by atoms with van der Waals surface area (Å²) in [6.45, 7) is 17.6. The molecule has 0 spiro atoms. The summed E-state index contributed by atoms with van der Waals surface area (Å²) in [4.78, 5) is 72.1. The van der Waals surface area contributed by atoms with Crippen molar-refractivity contribution in [2.75, 3.05) is 39.6 Å². The van der Waals surface area contributed by atoms with Crippen LogP contribution in [0.5, 0.6) is 0 Å². The zero-order chi connectivity index (χ0) is 101. The number of carboxylic acids is 1. The Hall–Kier alpha value is -4.19. The molecule has 46 nitrogen and oxygen atoms in total. The summed E-state index contributed by atoms with van der Waals surface area (Å²) in [5.74, 6) is -7.25. The molecule has 46 heteroatoms. The van der Waals surface area contributed by atoms with Crippen molar-refractivity contribution in [2.24, 2.45) is 62.1 Å². The van der Waals surface area contributed by atoms with E-state index in [0.29, 0.717) is 51.4 Å². The zero-order valence-corrected chi connectivity index (χ0v) is 79.7. The predicted molar refractivity (Wildman–Crippen MR) is 458 cm³/mol. The minimum absolute atomic E-state index is 0.0127. The van der Waals surface area contributed by atoms with Gasteiger partial charge in [-0.25, -0.2) is 4.79 Å². The van der Waals surface area contributed by atoms with Crippen LogP contribution >= 0.6 is 0 Å². The minimum Gasteiger partial charge on any atom is -0.479 e. The maximum absolute atomic E-state index is 16.4. The van der Waals surface area contributed by atoms with Crippen LogP contribution in [0.15, 0.2) is 11.6 Å². The van der Waals surface area contributed by atoms with Crippen molar-refractivity contribution in [2.45, 2.75) is 431 Å². The zero-order valence-electron chi connectivity index (χ0n) is 79.7. The highest BCUT2D eigenvalue weighted by molar-refractivity contribution is 5.80. The second kappa shape index (κ2) is 44.1. The molecule has 12 fully saturated rings. The van der Waals surface area contributed by atoms with Crippen molar-refractivity contribution in [3.05, 3.63) is 11.6 Å². The van der Waals surface area contributed by atoms with Crippen molar-refractivity contribution >= 4 is 30.2 Å². The molecule has 4 saturated carbocycles. The number of esters is 3. The fraction of sp³-hybridized carbons (Fsp3) is 0.924. The van der Waals surface area contributed by atoms with Gasteiger partial charge in [-0.3, -0.25) is 14.4 Å². The van der Waals surface area contributed by atoms with Gasteiger partial charge in [-0.1, -0.05) is 93.7 Å². The summed E-state index contributed by atoms with van der Waals surface area (Å²) in [5, 5.41) is 256. The molecule has 0 radical (unpaired) electrons. The van der Waals surface area contributed by atoms with Crippen LogP contribution in [0.3, 0.4) is 0 Å². The molecule has 8 heterocycles. The first kappa shape index (κ1) is 111. The van der Waals surface area contributed by atoms with Gasteiger partial charge in [-0.15, -0.1) is 0 Å². The van der Waals surface area contributed by atoms with E-state index in [4.69, 9.17) is 85.3 Å². The predicted octanol–water partition coefficient (Wildman–Crippen LogP) is -5.69. The summed E-state index contributed by atoms with van der Waals surface area (Å²) < 4.78 is 108. The SMILES string of the molecule is CC[C@H](C)[C@H](C[C@H](O)CC(=O)O[C@@H]1[C@H](O)[C@@H](O[C@@H]2O[C@@H](C)[C@H](O[C@@H]3OC[C@@H](O)[C@H](O[C@@H]4OC[C@](O)(CO)[C@H]4O)[C@H]3O)[C@@H](O)[C@H]2O)[C@@H](OC(=O)[C@]23CCC(C)(C)C[C@H]2C2=CC[C@@H]4[C@@]5(C)CC[C@H](O[C@@H]6O[C@H](C(=O)O)[C@@H](O)[C@H](O[C@@H]7OC[C@@H](O)[C@H](O)[C@H]7O)[C@H]6O[C@@H]6O[C@H](CO)[C@H](O)[C@H](O)[C@H]6O)[C@@](C)(C=O)[C@@H]5CC[C@@]4(C)[C@]2(C)C[C@H]3O)O[C@@H]1C)OC(=O)C[C@@H](O)C[C@H](O[C@@H]1O[C@@H](CO)[C@H](O)[C@H]1O)[C@@H](C)CC. The summed E-state index contributed by atoms with van der Waals surface area (Å²) in [5.41, 5.74) is -7.70. The highest BCUT2D eigenvalue weighted by Gasteiger charge is 2.74. The lowest BCUT2D eigenvalue weighted by atomic mass is 9.33. The Morgan fingerprint density at radius 1 is 0.507 bits per heavy atom. The minimum atomic E-state index is -2.27. The van der Waals surface area contributed by atoms with Crippen LogP contribution in [0.1, 0.15) is 179 Å². The second-order valence-electron chi connectivity index (χ2n) is 42.6. The molecule has 0 aromatic carbocycles. The number of aliphatic carboxylic acids is 1. The number of allylic oxidation sites excluding steroid dienone is 2. The third kappa shape index (κ3) is 21.4. The molecule has 0 amide bonds. The molecule has 792 valence electrons. The number of aldehydes is 1. The van der Waals surface area contributed by atoms with Gasteiger partial charge < -0.3 is 208 Å². The maximum atomic E-state index is 16.4. The Morgan fingerprint density at radius 2 is 1.06 bits per heavy atom. The summed E-state index contributed by atoms with van der Waals surface area (Å²) in [7, 11) is 0. The molecule has 0 aromatic heterocycles. The Labute approximate surface area is 797 Å². The smallest absolute Gasteiger partial charge is 0.335 e. The molecular formula is C92H148O46. The first-order valence-electron chi connectivity index (χ1n) is 48.3. The molecule has 138 heavy (non-hydrogen) atoms. The quantitative estimate of drug-likeness (QED) is 0.00924. The van der Waals surface area contributed by atoms with Crippen molar-refractivity contribution in [1.82, 2.24) is 0 Å². The van der Waals surface area contributed by atoms with Gasteiger partial charge in [0.15, 0.2) is 62.3 Å². The number of fused-ring (bicyclic) bond motifs is 7. The van der Waals surface area contributed by atoms with Gasteiger partial charge in [0.2, 0.25) is 6.29 Å². The van der Waals surface area contributed by atoms with Gasteiger partial charge in [0.25, 0.3) is 0 Å². The largest absolute Gasteiger partial charge is 0.479 e. The van der Waals surface area contributed by atoms with Gasteiger partial charge >= 0.3 is 23.9 Å². The number of ether oxygens (including phenoxy) is 18. The van der Waals surface area contributed by atoms with Crippen molar-refractivity contribution in [3.63, 3.8) is 0 Å². The average molecular weight is 1990 g/mol. The molecule has 0 bridgehead atoms. The summed E-state index contributed by atoms with van der Waals surface area (Å²) >= 11 is 0. The van der Waals surface area contributed by atoms with Crippen molar-refractivity contribution < 1.29 is 227 Å². The van der Waals surface area contributed by atoms with Gasteiger partial charge in [0, 0.05) is 12.8 Å². The summed E-state index contributed by atoms with van der Waals surface area (Å²) in [6, 6.07) is 0. The Bertz CT molecular complexity index is 4100. The fourth-order valence-electron chi connectivity index (χ4n) is 24.1. The van der Waals surface area contributed by atoms with E-state index in [2.05, 4.69) is 26.8 Å². The second-order valence-corrected chi connectivity index (χ2v) is 42.6. The number of carbonyl (C=O) groups is 5. The number of aliphatic hydroxyl groups is 22. The first-order valence-corrected chi connectivity index (χ1v) is 48.3. The van der Waals surface area contributed by atoms with E-state index in [0.717, 1.165) is 11.9 Å². The van der Waals surface area contributed by atoms with Crippen LogP contribution in [0.25, 0.3) is 0 Å². The van der Waals surface area contributed by atoms with Crippen LogP contribution in [0.2, 0.25) is 0 Å². The van der Waals surface area contributed by atoms with Crippen LogP contribution in [-0.4, -0.2) is 439 Å². The molecule has 0 unspecified atom stereocenters. The lowest BCUT2D eigenvalue weighted by Gasteiger charge is -2.71. The Kier molecular flexibility index (Phi) is 35.5. The van der Waals surface area contributed by atoms with Crippen LogP contribution in [0, 0.1) is 62.1 Å². The number of hydrogen-bond acceptors (Lipinski definition) is 45. The lowest BCUT2D eigenvalue weighted by Crippen LogP contribution is -2.69. The maximum Gasteiger partial charge on any atom is 0.335 e. The molecule has 13 rings (SSSR count). The van der Waals surface area contributed by atoms with Crippen molar-refractivity contribution in [3.8, 4) is 0 Å².